The highest BCUT2D eigenvalue weighted by Crippen LogP contribution is 2.08. The van der Waals surface area contributed by atoms with E-state index in [1.807, 2.05) is 0 Å². The molecule has 0 saturated carbocycles. The van der Waals surface area contributed by atoms with E-state index >= 15 is 0 Å². The zero-order valence-corrected chi connectivity index (χ0v) is 9.82. The molecule has 0 aliphatic heterocycles. The third-order valence-corrected chi connectivity index (χ3v) is 2.11. The van der Waals surface area contributed by atoms with Gasteiger partial charge in [-0.15, -0.1) is 0 Å². The maximum absolute atomic E-state index is 9.18. The summed E-state index contributed by atoms with van der Waals surface area (Å²) in [5.74, 6) is 0. The Morgan fingerprint density at radius 1 is 1.07 bits per heavy atom. The lowest BCUT2D eigenvalue weighted by atomic mass is 10.0. The number of rotatable bonds is 4. The molecule has 1 rings (SSSR count). The topological polar surface area (TPSA) is 26.3 Å². The van der Waals surface area contributed by atoms with Crippen molar-refractivity contribution >= 4 is 6.47 Å². The summed E-state index contributed by atoms with van der Waals surface area (Å²) in [6.45, 7) is 7.07. The highest BCUT2D eigenvalue weighted by molar-refractivity contribution is 5.36. The van der Waals surface area contributed by atoms with Crippen molar-refractivity contribution in [3.63, 3.8) is 0 Å². The Bertz CT molecular complexity index is 246. The average molecular weight is 208 g/mol. The molecule has 0 radical (unpaired) electrons. The van der Waals surface area contributed by atoms with Crippen LogP contribution in [0, 0.1) is 0 Å². The minimum absolute atomic E-state index is 0.431. The van der Waals surface area contributed by atoms with Crippen LogP contribution in [0.5, 0.6) is 0 Å². The van der Waals surface area contributed by atoms with E-state index in [0.717, 1.165) is 12.8 Å². The van der Waals surface area contributed by atoms with E-state index in [1.54, 1.807) is 6.92 Å². The van der Waals surface area contributed by atoms with Gasteiger partial charge in [0, 0.05) is 0 Å². The second kappa shape index (κ2) is 9.25. The first-order chi connectivity index (χ1) is 7.29. The maximum Gasteiger partial charge on any atom is 0.293 e. The van der Waals surface area contributed by atoms with Crippen LogP contribution < -0.4 is 0 Å². The number of ether oxygens (including phenoxy) is 1. The lowest BCUT2D eigenvalue weighted by Crippen LogP contribution is -1.88. The molecule has 0 aliphatic rings. The molecule has 0 atom stereocenters. The molecule has 0 bridgehead atoms. The van der Waals surface area contributed by atoms with Gasteiger partial charge in [0.25, 0.3) is 6.47 Å². The lowest BCUT2D eigenvalue weighted by molar-refractivity contribution is -0.128. The molecule has 0 heterocycles. The van der Waals surface area contributed by atoms with Crippen LogP contribution in [0.1, 0.15) is 31.9 Å². The summed E-state index contributed by atoms with van der Waals surface area (Å²) in [6.07, 6.45) is 2.31. The summed E-state index contributed by atoms with van der Waals surface area (Å²) < 4.78 is 4.15. The number of hydrogen-bond donors (Lipinski definition) is 0. The van der Waals surface area contributed by atoms with Crippen molar-refractivity contribution in [2.24, 2.45) is 0 Å². The minimum Gasteiger partial charge on any atom is -0.468 e. The third kappa shape index (κ3) is 5.89. The molecule has 0 spiro atoms. The Balaban J connectivity index is 0.000000336. The van der Waals surface area contributed by atoms with Gasteiger partial charge < -0.3 is 4.74 Å². The van der Waals surface area contributed by atoms with E-state index in [4.69, 9.17) is 0 Å². The Labute approximate surface area is 92.3 Å². The number of benzene rings is 1. The van der Waals surface area contributed by atoms with Crippen LogP contribution in [0.3, 0.4) is 0 Å². The second-order valence-corrected chi connectivity index (χ2v) is 3.03. The fourth-order valence-corrected chi connectivity index (χ4v) is 1.32. The summed E-state index contributed by atoms with van der Waals surface area (Å²) in [6, 6.07) is 8.63. The predicted molar refractivity (Wildman–Crippen MR) is 62.9 cm³/mol. The molecule has 1 aromatic rings. The van der Waals surface area contributed by atoms with Crippen LogP contribution in [0.15, 0.2) is 24.3 Å². The highest BCUT2D eigenvalue weighted by atomic mass is 16.5. The van der Waals surface area contributed by atoms with E-state index in [-0.39, 0.29) is 0 Å². The maximum atomic E-state index is 9.18. The van der Waals surface area contributed by atoms with Crippen LogP contribution in [-0.4, -0.2) is 13.1 Å². The molecule has 2 heteroatoms. The van der Waals surface area contributed by atoms with Crippen LogP contribution in [-0.2, 0) is 22.4 Å². The Morgan fingerprint density at radius 2 is 1.53 bits per heavy atom. The van der Waals surface area contributed by atoms with E-state index in [9.17, 15) is 4.79 Å². The van der Waals surface area contributed by atoms with Gasteiger partial charge in [-0.2, -0.15) is 0 Å². The van der Waals surface area contributed by atoms with Crippen molar-refractivity contribution in [2.75, 3.05) is 6.61 Å². The smallest absolute Gasteiger partial charge is 0.293 e. The molecule has 84 valence electrons. The van der Waals surface area contributed by atoms with E-state index < -0.39 is 0 Å². The van der Waals surface area contributed by atoms with Crippen molar-refractivity contribution in [1.82, 2.24) is 0 Å². The second-order valence-electron chi connectivity index (χ2n) is 3.03. The third-order valence-electron chi connectivity index (χ3n) is 2.11. The largest absolute Gasteiger partial charge is 0.468 e. The van der Waals surface area contributed by atoms with Crippen LogP contribution in [0.4, 0.5) is 0 Å². The van der Waals surface area contributed by atoms with Gasteiger partial charge >= 0.3 is 0 Å². The SMILES string of the molecule is CCOC=O.CCc1ccccc1CC. The lowest BCUT2D eigenvalue weighted by Gasteiger charge is -2.02. The molecule has 0 unspecified atom stereocenters. The Hall–Kier alpha value is -1.31. The normalized spacial score (nSPS) is 8.73. The predicted octanol–water partition coefficient (Wildman–Crippen LogP) is 2.99. The van der Waals surface area contributed by atoms with Gasteiger partial charge in [-0.3, -0.25) is 4.79 Å². The van der Waals surface area contributed by atoms with Gasteiger partial charge in [0.15, 0.2) is 0 Å². The van der Waals surface area contributed by atoms with Crippen molar-refractivity contribution in [1.29, 1.82) is 0 Å². The van der Waals surface area contributed by atoms with Crippen molar-refractivity contribution in [2.45, 2.75) is 33.6 Å². The molecule has 15 heavy (non-hydrogen) atoms. The fourth-order valence-electron chi connectivity index (χ4n) is 1.32. The van der Waals surface area contributed by atoms with Crippen molar-refractivity contribution in [3.05, 3.63) is 35.4 Å². The van der Waals surface area contributed by atoms with E-state index in [0.29, 0.717) is 13.1 Å². The van der Waals surface area contributed by atoms with Gasteiger partial charge in [0.05, 0.1) is 6.61 Å². The molecule has 0 N–H and O–H groups in total. The summed E-state index contributed by atoms with van der Waals surface area (Å²) in [7, 11) is 0. The number of hydrogen-bond acceptors (Lipinski definition) is 2. The van der Waals surface area contributed by atoms with Gasteiger partial charge in [-0.05, 0) is 30.9 Å². The molecule has 0 fully saturated rings. The number of aryl methyl sites for hydroxylation is 2. The van der Waals surface area contributed by atoms with Gasteiger partial charge in [-0.25, -0.2) is 0 Å². The van der Waals surface area contributed by atoms with Crippen LogP contribution >= 0.6 is 0 Å². The number of carbonyl (C=O) groups is 1. The average Bonchev–Trinajstić information content (AvgIpc) is 2.31. The first-order valence-electron chi connectivity index (χ1n) is 5.42. The summed E-state index contributed by atoms with van der Waals surface area (Å²) in [5.41, 5.74) is 2.98. The molecule has 0 saturated heterocycles. The summed E-state index contributed by atoms with van der Waals surface area (Å²) in [5, 5.41) is 0. The van der Waals surface area contributed by atoms with Crippen LogP contribution in [0.2, 0.25) is 0 Å². The first kappa shape index (κ1) is 13.7. The quantitative estimate of drug-likeness (QED) is 0.711. The molecule has 0 amide bonds. The van der Waals surface area contributed by atoms with Crippen molar-refractivity contribution in [3.8, 4) is 0 Å². The highest BCUT2D eigenvalue weighted by Gasteiger charge is 1.93. The van der Waals surface area contributed by atoms with Gasteiger partial charge in [0.2, 0.25) is 0 Å². The first-order valence-corrected chi connectivity index (χ1v) is 5.42. The van der Waals surface area contributed by atoms with E-state index in [1.165, 1.54) is 11.1 Å². The van der Waals surface area contributed by atoms with Gasteiger partial charge in [-0.1, -0.05) is 38.1 Å². The van der Waals surface area contributed by atoms with Crippen molar-refractivity contribution < 1.29 is 9.53 Å². The zero-order valence-electron chi connectivity index (χ0n) is 9.82. The molecule has 0 aromatic heterocycles. The van der Waals surface area contributed by atoms with E-state index in [2.05, 4.69) is 42.8 Å². The minimum atomic E-state index is 0.431. The summed E-state index contributed by atoms with van der Waals surface area (Å²) >= 11 is 0. The molecular formula is C13H20O2. The fraction of sp³-hybridized carbons (Fsp3) is 0.462. The zero-order chi connectivity index (χ0) is 11.5. The molecular weight excluding hydrogens is 188 g/mol. The standard InChI is InChI=1S/C10H14.C3H6O2/c1-3-9-7-5-6-8-10(9)4-2;1-2-5-3-4/h5-8H,3-4H2,1-2H3;3H,2H2,1H3. The summed E-state index contributed by atoms with van der Waals surface area (Å²) in [4.78, 5) is 9.18. The Kier molecular flexibility index (Phi) is 8.44. The monoisotopic (exact) mass is 208 g/mol. The van der Waals surface area contributed by atoms with Gasteiger partial charge in [0.1, 0.15) is 0 Å². The van der Waals surface area contributed by atoms with Crippen LogP contribution in [0.25, 0.3) is 0 Å². The Morgan fingerprint density at radius 3 is 1.73 bits per heavy atom. The number of carbonyl (C=O) groups excluding carboxylic acids is 1. The molecule has 2 nitrogen and oxygen atoms in total. The molecule has 0 aliphatic carbocycles. The molecule has 1 aromatic carbocycles.